The second-order valence-corrected chi connectivity index (χ2v) is 5.93. The fourth-order valence-electron chi connectivity index (χ4n) is 1.61. The van der Waals surface area contributed by atoms with Crippen molar-refractivity contribution in [3.8, 4) is 5.75 Å². The Morgan fingerprint density at radius 2 is 2.20 bits per heavy atom. The van der Waals surface area contributed by atoms with Gasteiger partial charge in [0.2, 0.25) is 0 Å². The summed E-state index contributed by atoms with van der Waals surface area (Å²) in [7, 11) is 1.57. The Morgan fingerprint density at radius 3 is 2.80 bits per heavy atom. The summed E-state index contributed by atoms with van der Waals surface area (Å²) >= 11 is 6.93. The maximum atomic E-state index is 12.5. The number of rotatable bonds is 7. The molecule has 1 amide bonds. The number of halogens is 1. The summed E-state index contributed by atoms with van der Waals surface area (Å²) in [6.07, 6.45) is 0.440. The first kappa shape index (κ1) is 17.1. The fourth-order valence-corrected chi connectivity index (χ4v) is 2.19. The molecule has 0 spiro atoms. The first-order valence-electron chi connectivity index (χ1n) is 6.00. The first-order valence-corrected chi connectivity index (χ1v) is 7.49. The summed E-state index contributed by atoms with van der Waals surface area (Å²) in [5.41, 5.74) is 5.75. The standard InChI is InChI=1S/C13H17IN2O3S/c1-19-7-6-16(5-4-12(15)20)13(18)10-8-9(14)2-3-11(10)17/h2-3,8,17H,4-7H2,1H3,(H2,15,20). The highest BCUT2D eigenvalue weighted by molar-refractivity contribution is 14.1. The van der Waals surface area contributed by atoms with Crippen molar-refractivity contribution in [3.63, 3.8) is 0 Å². The molecule has 20 heavy (non-hydrogen) atoms. The zero-order chi connectivity index (χ0) is 15.1. The lowest BCUT2D eigenvalue weighted by atomic mass is 10.1. The lowest BCUT2D eigenvalue weighted by molar-refractivity contribution is 0.0698. The van der Waals surface area contributed by atoms with Gasteiger partial charge in [-0.2, -0.15) is 0 Å². The number of aromatic hydroxyl groups is 1. The van der Waals surface area contributed by atoms with E-state index in [1.165, 1.54) is 6.07 Å². The molecule has 0 fully saturated rings. The van der Waals surface area contributed by atoms with Gasteiger partial charge in [-0.1, -0.05) is 12.2 Å². The largest absolute Gasteiger partial charge is 0.507 e. The van der Waals surface area contributed by atoms with Gasteiger partial charge in [0, 0.05) is 30.2 Å². The normalized spacial score (nSPS) is 10.3. The SMILES string of the molecule is COCCN(CCC(N)=S)C(=O)c1cc(I)ccc1O. The van der Waals surface area contributed by atoms with Crippen LogP contribution in [0.3, 0.4) is 0 Å². The van der Waals surface area contributed by atoms with Crippen molar-refractivity contribution < 1.29 is 14.6 Å². The van der Waals surface area contributed by atoms with Crippen molar-refractivity contribution in [2.24, 2.45) is 5.73 Å². The van der Waals surface area contributed by atoms with Crippen LogP contribution >= 0.6 is 34.8 Å². The van der Waals surface area contributed by atoms with Crippen molar-refractivity contribution in [2.45, 2.75) is 6.42 Å². The average molecular weight is 408 g/mol. The Kier molecular flexibility index (Phi) is 7.17. The summed E-state index contributed by atoms with van der Waals surface area (Å²) in [6.45, 7) is 1.24. The van der Waals surface area contributed by atoms with E-state index >= 15 is 0 Å². The van der Waals surface area contributed by atoms with Gasteiger partial charge in [0.1, 0.15) is 5.75 Å². The number of thiocarbonyl (C=S) groups is 1. The zero-order valence-electron chi connectivity index (χ0n) is 11.1. The van der Waals surface area contributed by atoms with Crippen LogP contribution in [-0.2, 0) is 4.74 Å². The molecular formula is C13H17IN2O3S. The Balaban J connectivity index is 2.90. The molecule has 0 atom stereocenters. The lowest BCUT2D eigenvalue weighted by Crippen LogP contribution is -2.36. The van der Waals surface area contributed by atoms with Gasteiger partial charge in [-0.25, -0.2) is 0 Å². The van der Waals surface area contributed by atoms with E-state index < -0.39 is 0 Å². The number of nitrogens with two attached hydrogens (primary N) is 1. The number of benzene rings is 1. The van der Waals surface area contributed by atoms with E-state index in [-0.39, 0.29) is 17.2 Å². The highest BCUT2D eigenvalue weighted by Crippen LogP contribution is 2.21. The highest BCUT2D eigenvalue weighted by atomic mass is 127. The van der Waals surface area contributed by atoms with Crippen LogP contribution < -0.4 is 5.73 Å². The van der Waals surface area contributed by atoms with E-state index in [0.29, 0.717) is 31.1 Å². The van der Waals surface area contributed by atoms with Crippen LogP contribution in [0.2, 0.25) is 0 Å². The molecule has 0 unspecified atom stereocenters. The van der Waals surface area contributed by atoms with E-state index in [2.05, 4.69) is 22.6 Å². The van der Waals surface area contributed by atoms with Gasteiger partial charge in [-0.05, 0) is 40.8 Å². The van der Waals surface area contributed by atoms with Crippen LogP contribution in [0.5, 0.6) is 5.75 Å². The molecule has 3 N–H and O–H groups in total. The summed E-state index contributed by atoms with van der Waals surface area (Å²) in [5.74, 6) is -0.289. The third kappa shape index (κ3) is 5.22. The molecule has 0 aliphatic rings. The third-order valence-electron chi connectivity index (χ3n) is 2.67. The molecular weight excluding hydrogens is 391 g/mol. The van der Waals surface area contributed by atoms with Gasteiger partial charge in [-0.15, -0.1) is 0 Å². The topological polar surface area (TPSA) is 75.8 Å². The van der Waals surface area contributed by atoms with E-state index in [4.69, 9.17) is 22.7 Å². The summed E-state index contributed by atoms with van der Waals surface area (Å²) in [5, 5.41) is 9.82. The fraction of sp³-hybridized carbons (Fsp3) is 0.385. The molecule has 1 aromatic rings. The van der Waals surface area contributed by atoms with Crippen molar-refractivity contribution in [1.29, 1.82) is 0 Å². The van der Waals surface area contributed by atoms with Crippen LogP contribution in [0.15, 0.2) is 18.2 Å². The van der Waals surface area contributed by atoms with Crippen LogP contribution in [0.1, 0.15) is 16.8 Å². The summed E-state index contributed by atoms with van der Waals surface area (Å²) < 4.78 is 5.88. The quantitative estimate of drug-likeness (QED) is 0.531. The molecule has 0 radical (unpaired) electrons. The van der Waals surface area contributed by atoms with Gasteiger partial charge >= 0.3 is 0 Å². The Hall–Kier alpha value is -0.930. The first-order chi connectivity index (χ1) is 9.45. The van der Waals surface area contributed by atoms with Crippen LogP contribution in [0.4, 0.5) is 0 Å². The number of carbonyl (C=O) groups is 1. The van der Waals surface area contributed by atoms with Crippen LogP contribution in [0.25, 0.3) is 0 Å². The van der Waals surface area contributed by atoms with E-state index in [1.54, 1.807) is 24.1 Å². The molecule has 0 aliphatic heterocycles. The predicted octanol–water partition coefficient (Wildman–Crippen LogP) is 1.76. The Morgan fingerprint density at radius 1 is 1.50 bits per heavy atom. The molecule has 0 saturated carbocycles. The highest BCUT2D eigenvalue weighted by Gasteiger charge is 2.19. The number of phenols is 1. The molecule has 5 nitrogen and oxygen atoms in total. The van der Waals surface area contributed by atoms with Crippen LogP contribution in [0, 0.1) is 3.57 Å². The maximum absolute atomic E-state index is 12.5. The smallest absolute Gasteiger partial charge is 0.257 e. The van der Waals surface area contributed by atoms with Gasteiger partial charge in [0.15, 0.2) is 0 Å². The number of hydrogen-bond acceptors (Lipinski definition) is 4. The summed E-state index contributed by atoms with van der Waals surface area (Å²) in [4.78, 5) is 14.4. The van der Waals surface area contributed by atoms with Gasteiger partial charge < -0.3 is 20.5 Å². The minimum absolute atomic E-state index is 0.0341. The number of phenolic OH excluding ortho intramolecular Hbond substituents is 1. The zero-order valence-corrected chi connectivity index (χ0v) is 14.1. The number of hydrogen-bond donors (Lipinski definition) is 2. The number of amides is 1. The van der Waals surface area contributed by atoms with Crippen molar-refractivity contribution in [1.82, 2.24) is 4.90 Å². The van der Waals surface area contributed by atoms with Crippen LogP contribution in [-0.4, -0.2) is 47.7 Å². The second kappa shape index (κ2) is 8.38. The third-order valence-corrected chi connectivity index (χ3v) is 3.54. The van der Waals surface area contributed by atoms with Gasteiger partial charge in [-0.3, -0.25) is 4.79 Å². The van der Waals surface area contributed by atoms with E-state index in [1.807, 2.05) is 0 Å². The minimum atomic E-state index is -0.255. The molecule has 1 rings (SSSR count). The number of methoxy groups -OCH3 is 1. The van der Waals surface area contributed by atoms with Crippen molar-refractivity contribution in [3.05, 3.63) is 27.3 Å². The summed E-state index contributed by atoms with van der Waals surface area (Å²) in [6, 6.07) is 4.90. The predicted molar refractivity (Wildman–Crippen MR) is 90.0 cm³/mol. The van der Waals surface area contributed by atoms with E-state index in [9.17, 15) is 9.90 Å². The monoisotopic (exact) mass is 408 g/mol. The molecule has 0 aliphatic carbocycles. The van der Waals surface area contributed by atoms with E-state index in [0.717, 1.165) is 3.57 Å². The molecule has 1 aromatic carbocycles. The molecule has 110 valence electrons. The molecule has 0 aromatic heterocycles. The Labute approximate surface area is 137 Å². The molecule has 0 saturated heterocycles. The molecule has 0 heterocycles. The minimum Gasteiger partial charge on any atom is -0.507 e. The lowest BCUT2D eigenvalue weighted by Gasteiger charge is -2.22. The van der Waals surface area contributed by atoms with Crippen molar-refractivity contribution >= 4 is 45.7 Å². The number of ether oxygens (including phenoxy) is 1. The molecule has 7 heteroatoms. The molecule has 0 bridgehead atoms. The second-order valence-electron chi connectivity index (χ2n) is 4.16. The van der Waals surface area contributed by atoms with Crippen molar-refractivity contribution in [2.75, 3.05) is 26.8 Å². The Bertz CT molecular complexity index is 497. The van der Waals surface area contributed by atoms with Gasteiger partial charge in [0.05, 0.1) is 17.2 Å². The number of carbonyl (C=O) groups excluding carboxylic acids is 1. The maximum Gasteiger partial charge on any atom is 0.257 e. The van der Waals surface area contributed by atoms with Gasteiger partial charge in [0.25, 0.3) is 5.91 Å². The number of nitrogens with zero attached hydrogens (tertiary/aromatic N) is 1. The average Bonchev–Trinajstić information content (AvgIpc) is 2.40.